The van der Waals surface area contributed by atoms with Gasteiger partial charge in [-0.15, -0.1) is 0 Å². The largest absolute Gasteiger partial charge is 0.481 e. The number of carbonyl (C=O) groups is 2. The Morgan fingerprint density at radius 3 is 1.87 bits per heavy atom. The highest BCUT2D eigenvalue weighted by Gasteiger charge is 2.58. The fourth-order valence-electron chi connectivity index (χ4n) is 2.32. The molecule has 5 N–H and O–H groups in total. The van der Waals surface area contributed by atoms with Crippen LogP contribution in [0, 0.1) is 16.7 Å². The molecule has 0 aromatic heterocycles. The lowest BCUT2D eigenvalue weighted by Crippen LogP contribution is -2.42. The van der Waals surface area contributed by atoms with Crippen LogP contribution in [0.1, 0.15) is 33.6 Å². The van der Waals surface area contributed by atoms with Crippen LogP contribution in [0.5, 0.6) is 0 Å². The summed E-state index contributed by atoms with van der Waals surface area (Å²) in [5.41, 5.74) is -1.61. The van der Waals surface area contributed by atoms with Gasteiger partial charge in [-0.05, 0) is 25.2 Å². The second-order valence-corrected chi connectivity index (χ2v) is 4.79. The molecule has 5 heteroatoms. The van der Waals surface area contributed by atoms with E-state index in [0.29, 0.717) is 12.8 Å². The van der Waals surface area contributed by atoms with Gasteiger partial charge in [-0.25, -0.2) is 0 Å². The molecule has 88 valence electrons. The minimum absolute atomic E-state index is 0. The fraction of sp³-hybridized carbons (Fsp3) is 0.800. The topological polar surface area (TPSA) is 110 Å². The van der Waals surface area contributed by atoms with Crippen LogP contribution in [-0.4, -0.2) is 22.2 Å². The van der Waals surface area contributed by atoms with Crippen molar-refractivity contribution < 1.29 is 19.8 Å². The first-order valence-electron chi connectivity index (χ1n) is 4.69. The molecule has 1 aliphatic rings. The van der Waals surface area contributed by atoms with E-state index in [1.54, 1.807) is 20.8 Å². The second kappa shape index (κ2) is 3.81. The van der Waals surface area contributed by atoms with Gasteiger partial charge in [-0.2, -0.15) is 0 Å². The van der Waals surface area contributed by atoms with Gasteiger partial charge in [0.1, 0.15) is 0 Å². The first kappa shape index (κ1) is 13.9. The molecule has 0 aromatic rings. The molecule has 0 aliphatic heterocycles. The van der Waals surface area contributed by atoms with Crippen molar-refractivity contribution in [2.75, 3.05) is 0 Å². The van der Waals surface area contributed by atoms with E-state index in [1.807, 2.05) is 0 Å². The molecule has 1 rings (SSSR count). The maximum atomic E-state index is 11.1. The van der Waals surface area contributed by atoms with Gasteiger partial charge in [0.25, 0.3) is 0 Å². The van der Waals surface area contributed by atoms with E-state index in [4.69, 9.17) is 10.2 Å². The smallest absolute Gasteiger partial charge is 0.309 e. The number of carboxylic acids is 2. The van der Waals surface area contributed by atoms with E-state index in [1.165, 1.54) is 0 Å². The van der Waals surface area contributed by atoms with Crippen molar-refractivity contribution in [1.82, 2.24) is 6.15 Å². The Morgan fingerprint density at radius 1 is 1.20 bits per heavy atom. The minimum atomic E-state index is -0.921. The van der Waals surface area contributed by atoms with Gasteiger partial charge in [0, 0.05) is 0 Å². The van der Waals surface area contributed by atoms with E-state index >= 15 is 0 Å². The van der Waals surface area contributed by atoms with E-state index in [-0.39, 0.29) is 6.15 Å². The average Bonchev–Trinajstić information content (AvgIpc) is 2.24. The van der Waals surface area contributed by atoms with Crippen LogP contribution in [0.4, 0.5) is 0 Å². The predicted molar refractivity (Wildman–Crippen MR) is 54.9 cm³/mol. The zero-order valence-electron chi connectivity index (χ0n) is 9.41. The summed E-state index contributed by atoms with van der Waals surface area (Å²) in [4.78, 5) is 22.0. The van der Waals surface area contributed by atoms with Crippen LogP contribution < -0.4 is 6.15 Å². The summed E-state index contributed by atoms with van der Waals surface area (Å²) in [5.74, 6) is -2.34. The summed E-state index contributed by atoms with van der Waals surface area (Å²) < 4.78 is 0. The highest BCUT2D eigenvalue weighted by molar-refractivity contribution is 5.80. The molecule has 15 heavy (non-hydrogen) atoms. The minimum Gasteiger partial charge on any atom is -0.481 e. The lowest BCUT2D eigenvalue weighted by atomic mass is 9.66. The maximum Gasteiger partial charge on any atom is 0.309 e. The zero-order valence-corrected chi connectivity index (χ0v) is 9.41. The molecule has 1 saturated carbocycles. The standard InChI is InChI=1S/C10H16O4.H3N/c1-9(2)6(7(11)12)4-5-10(9,3)8(13)14;/h6H,4-5H2,1-3H3,(H,11,12)(H,13,14);1H3/t6-,10+;/m0./s1. The third-order valence-electron chi connectivity index (χ3n) is 4.00. The number of hydrogen-bond acceptors (Lipinski definition) is 3. The summed E-state index contributed by atoms with van der Waals surface area (Å²) in [7, 11) is 0. The van der Waals surface area contributed by atoms with Crippen LogP contribution in [0.25, 0.3) is 0 Å². The Kier molecular flexibility index (Phi) is 3.53. The van der Waals surface area contributed by atoms with Gasteiger partial charge in [0.15, 0.2) is 0 Å². The average molecular weight is 217 g/mol. The summed E-state index contributed by atoms with van der Waals surface area (Å²) in [5, 5.41) is 18.1. The third kappa shape index (κ3) is 1.71. The Balaban J connectivity index is 0.00000196. The SMILES string of the molecule is CC1(C)[C@H](C(=O)O)CC[C@]1(C)C(=O)O.N. The van der Waals surface area contributed by atoms with Gasteiger partial charge in [0.05, 0.1) is 11.3 Å². The third-order valence-corrected chi connectivity index (χ3v) is 4.00. The monoisotopic (exact) mass is 217 g/mol. The number of hydrogen-bond donors (Lipinski definition) is 3. The normalized spacial score (nSPS) is 33.1. The number of aliphatic carboxylic acids is 2. The van der Waals surface area contributed by atoms with Gasteiger partial charge < -0.3 is 16.4 Å². The number of carboxylic acid groups (broad SMARTS) is 2. The molecule has 2 atom stereocenters. The van der Waals surface area contributed by atoms with E-state index in [2.05, 4.69) is 0 Å². The van der Waals surface area contributed by atoms with Gasteiger partial charge >= 0.3 is 11.9 Å². The van der Waals surface area contributed by atoms with Crippen LogP contribution in [0.2, 0.25) is 0 Å². The molecule has 0 spiro atoms. The molecule has 0 heterocycles. The first-order chi connectivity index (χ1) is 6.23. The Morgan fingerprint density at radius 2 is 1.67 bits per heavy atom. The highest BCUT2D eigenvalue weighted by atomic mass is 16.4. The van der Waals surface area contributed by atoms with Crippen LogP contribution in [-0.2, 0) is 9.59 Å². The van der Waals surface area contributed by atoms with Crippen molar-refractivity contribution in [3.63, 3.8) is 0 Å². The van der Waals surface area contributed by atoms with E-state index in [0.717, 1.165) is 0 Å². The molecule has 5 nitrogen and oxygen atoms in total. The van der Waals surface area contributed by atoms with Crippen molar-refractivity contribution in [1.29, 1.82) is 0 Å². The molecule has 1 fully saturated rings. The molecule has 0 saturated heterocycles. The van der Waals surface area contributed by atoms with Gasteiger partial charge in [0.2, 0.25) is 0 Å². The van der Waals surface area contributed by atoms with E-state index in [9.17, 15) is 9.59 Å². The molecule has 0 aromatic carbocycles. The first-order valence-corrected chi connectivity index (χ1v) is 4.69. The highest BCUT2D eigenvalue weighted by Crippen LogP contribution is 2.56. The van der Waals surface area contributed by atoms with Crippen molar-refractivity contribution in [3.8, 4) is 0 Å². The molecule has 0 amide bonds. The predicted octanol–water partition coefficient (Wildman–Crippen LogP) is 1.76. The van der Waals surface area contributed by atoms with Crippen molar-refractivity contribution in [3.05, 3.63) is 0 Å². The molecular formula is C10H19NO4. The Hall–Kier alpha value is -1.10. The molecular weight excluding hydrogens is 198 g/mol. The second-order valence-electron chi connectivity index (χ2n) is 4.79. The van der Waals surface area contributed by atoms with Crippen molar-refractivity contribution in [2.45, 2.75) is 33.6 Å². The fourth-order valence-corrected chi connectivity index (χ4v) is 2.32. The molecule has 1 aliphatic carbocycles. The summed E-state index contributed by atoms with van der Waals surface area (Å²) in [6.07, 6.45) is 0.886. The van der Waals surface area contributed by atoms with Gasteiger partial charge in [-0.1, -0.05) is 13.8 Å². The maximum absolute atomic E-state index is 11.1. The molecule has 0 unspecified atom stereocenters. The van der Waals surface area contributed by atoms with Gasteiger partial charge in [-0.3, -0.25) is 9.59 Å². The zero-order chi connectivity index (χ0) is 11.1. The van der Waals surface area contributed by atoms with Crippen molar-refractivity contribution in [2.24, 2.45) is 16.7 Å². The van der Waals surface area contributed by atoms with E-state index < -0.39 is 28.7 Å². The Bertz CT molecular complexity index is 287. The lowest BCUT2D eigenvalue weighted by molar-refractivity contribution is -0.157. The van der Waals surface area contributed by atoms with Crippen molar-refractivity contribution >= 4 is 11.9 Å². The van der Waals surface area contributed by atoms with Crippen LogP contribution >= 0.6 is 0 Å². The number of rotatable bonds is 2. The quantitative estimate of drug-likeness (QED) is 0.652. The summed E-state index contributed by atoms with van der Waals surface area (Å²) in [6.45, 7) is 5.10. The summed E-state index contributed by atoms with van der Waals surface area (Å²) in [6, 6.07) is 0. The summed E-state index contributed by atoms with van der Waals surface area (Å²) >= 11 is 0. The Labute approximate surface area is 89.1 Å². The molecule has 0 bridgehead atoms. The van der Waals surface area contributed by atoms with Crippen LogP contribution in [0.3, 0.4) is 0 Å². The molecule has 0 radical (unpaired) electrons. The lowest BCUT2D eigenvalue weighted by Gasteiger charge is -2.36. The van der Waals surface area contributed by atoms with Crippen LogP contribution in [0.15, 0.2) is 0 Å².